The van der Waals surface area contributed by atoms with E-state index in [-0.39, 0.29) is 12.3 Å². The summed E-state index contributed by atoms with van der Waals surface area (Å²) in [6.07, 6.45) is 8.07. The Morgan fingerprint density at radius 3 is 2.81 bits per heavy atom. The molecule has 3 aromatic heterocycles. The molecule has 0 aliphatic heterocycles. The van der Waals surface area contributed by atoms with E-state index in [0.717, 1.165) is 41.8 Å². The van der Waals surface area contributed by atoms with Gasteiger partial charge in [0.05, 0.1) is 17.6 Å². The Balaban J connectivity index is 1.33. The van der Waals surface area contributed by atoms with E-state index in [9.17, 15) is 4.79 Å². The molecular weight excluding hydrogens is 402 g/mol. The average Bonchev–Trinajstić information content (AvgIpc) is 3.42. The van der Waals surface area contributed by atoms with Crippen molar-refractivity contribution in [2.45, 2.75) is 58.4 Å². The number of nitrogens with zero attached hydrogens (tertiary/aromatic N) is 5. The van der Waals surface area contributed by atoms with Gasteiger partial charge < -0.3 is 4.74 Å². The normalized spacial score (nSPS) is 13.6. The van der Waals surface area contributed by atoms with Crippen LogP contribution in [-0.2, 0) is 19.4 Å². The van der Waals surface area contributed by atoms with E-state index >= 15 is 0 Å². The largest absolute Gasteiger partial charge is 0.439 e. The lowest BCUT2D eigenvalue weighted by Gasteiger charge is -2.07. The molecule has 32 heavy (non-hydrogen) atoms. The van der Waals surface area contributed by atoms with Gasteiger partial charge in [-0.1, -0.05) is 6.92 Å². The second-order valence-corrected chi connectivity index (χ2v) is 8.29. The number of carbonyl (C=O) groups is 1. The molecule has 1 aliphatic rings. The summed E-state index contributed by atoms with van der Waals surface area (Å²) in [5.74, 6) is 2.61. The molecule has 1 aliphatic carbocycles. The Morgan fingerprint density at radius 1 is 1.16 bits per heavy atom. The molecule has 164 valence electrons. The van der Waals surface area contributed by atoms with Crippen molar-refractivity contribution in [2.75, 3.05) is 0 Å². The van der Waals surface area contributed by atoms with E-state index in [2.05, 4.69) is 35.0 Å². The molecule has 0 spiro atoms. The smallest absolute Gasteiger partial charge is 0.237 e. The van der Waals surface area contributed by atoms with Gasteiger partial charge in [0.25, 0.3) is 0 Å². The topological polar surface area (TPSA) is 74.8 Å². The van der Waals surface area contributed by atoms with Crippen LogP contribution < -0.4 is 4.74 Å². The van der Waals surface area contributed by atoms with Crippen LogP contribution in [0.3, 0.4) is 0 Å². The summed E-state index contributed by atoms with van der Waals surface area (Å²) in [6.45, 7) is 5.02. The number of benzene rings is 1. The molecule has 0 radical (unpaired) electrons. The van der Waals surface area contributed by atoms with Crippen LogP contribution in [0, 0.1) is 0 Å². The van der Waals surface area contributed by atoms with Gasteiger partial charge in [0, 0.05) is 48.4 Å². The van der Waals surface area contributed by atoms with E-state index in [1.165, 1.54) is 18.5 Å². The summed E-state index contributed by atoms with van der Waals surface area (Å²) < 4.78 is 9.68. The van der Waals surface area contributed by atoms with E-state index in [1.807, 2.05) is 35.1 Å². The summed E-state index contributed by atoms with van der Waals surface area (Å²) in [4.78, 5) is 21.7. The third-order valence-electron chi connectivity index (χ3n) is 5.80. The number of hydrogen-bond donors (Lipinski definition) is 0. The number of fused-ring (bicyclic) bond motifs is 1. The lowest BCUT2D eigenvalue weighted by Crippen LogP contribution is -2.13. The van der Waals surface area contributed by atoms with Crippen molar-refractivity contribution in [3.05, 3.63) is 66.0 Å². The minimum Gasteiger partial charge on any atom is -0.439 e. The Morgan fingerprint density at radius 2 is 2.03 bits per heavy atom. The summed E-state index contributed by atoms with van der Waals surface area (Å²) in [5, 5.41) is 5.59. The Hall–Kier alpha value is -3.48. The molecular formula is C25H27N5O2. The maximum absolute atomic E-state index is 13.0. The molecule has 1 fully saturated rings. The Kier molecular flexibility index (Phi) is 5.47. The number of aromatic nitrogens is 5. The molecule has 0 bridgehead atoms. The average molecular weight is 430 g/mol. The predicted octanol–water partition coefficient (Wildman–Crippen LogP) is 5.15. The summed E-state index contributed by atoms with van der Waals surface area (Å²) in [5.41, 5.74) is 2.96. The highest BCUT2D eigenvalue weighted by Crippen LogP contribution is 2.40. The zero-order valence-corrected chi connectivity index (χ0v) is 18.5. The summed E-state index contributed by atoms with van der Waals surface area (Å²) in [7, 11) is 0. The maximum atomic E-state index is 13.0. The van der Waals surface area contributed by atoms with Crippen molar-refractivity contribution in [3.63, 3.8) is 0 Å². The first kappa shape index (κ1) is 20.4. The van der Waals surface area contributed by atoms with E-state index in [4.69, 9.17) is 4.74 Å². The molecule has 7 nitrogen and oxygen atoms in total. The second-order valence-electron chi connectivity index (χ2n) is 8.29. The quantitative estimate of drug-likeness (QED) is 0.387. The third kappa shape index (κ3) is 4.15. The highest BCUT2D eigenvalue weighted by molar-refractivity contribution is 5.93. The number of ether oxygens (including phenoxy) is 1. The molecule has 4 aromatic rings. The van der Waals surface area contributed by atoms with Crippen LogP contribution in [-0.4, -0.2) is 30.2 Å². The van der Waals surface area contributed by atoms with Crippen LogP contribution in [0.5, 0.6) is 11.6 Å². The van der Waals surface area contributed by atoms with Crippen LogP contribution in [0.1, 0.15) is 61.0 Å². The number of rotatable bonds is 8. The van der Waals surface area contributed by atoms with Crippen LogP contribution in [0.4, 0.5) is 0 Å². The zero-order valence-electron chi connectivity index (χ0n) is 18.5. The molecule has 1 saturated carbocycles. The third-order valence-corrected chi connectivity index (χ3v) is 5.80. The van der Waals surface area contributed by atoms with Crippen molar-refractivity contribution in [3.8, 4) is 11.6 Å². The van der Waals surface area contributed by atoms with Gasteiger partial charge in [0.2, 0.25) is 11.8 Å². The van der Waals surface area contributed by atoms with E-state index in [1.54, 1.807) is 16.8 Å². The van der Waals surface area contributed by atoms with Gasteiger partial charge in [0.1, 0.15) is 11.6 Å². The fourth-order valence-corrected chi connectivity index (χ4v) is 4.08. The van der Waals surface area contributed by atoms with Crippen molar-refractivity contribution < 1.29 is 9.53 Å². The monoisotopic (exact) mass is 429 g/mol. The van der Waals surface area contributed by atoms with Gasteiger partial charge in [0.15, 0.2) is 0 Å². The maximum Gasteiger partial charge on any atom is 0.237 e. The van der Waals surface area contributed by atoms with Gasteiger partial charge in [-0.2, -0.15) is 10.1 Å². The van der Waals surface area contributed by atoms with Gasteiger partial charge in [-0.25, -0.2) is 4.98 Å². The van der Waals surface area contributed by atoms with Crippen LogP contribution >= 0.6 is 0 Å². The molecule has 3 heterocycles. The standard InChI is InChI=1S/C25H27N5O2/c1-3-5-23-26-12-10-24(27-23)32-20-8-9-21-18(14-20)11-13-29(21)25(31)16-19-15-22(17-6-7-17)30(4-2)28-19/h8-15,17H,3-7,16H2,1-2H3. The van der Waals surface area contributed by atoms with Crippen LogP contribution in [0.25, 0.3) is 10.9 Å². The van der Waals surface area contributed by atoms with Gasteiger partial charge >= 0.3 is 0 Å². The van der Waals surface area contributed by atoms with Gasteiger partial charge in [-0.05, 0) is 56.5 Å². The predicted molar refractivity (Wildman–Crippen MR) is 122 cm³/mol. The molecule has 0 atom stereocenters. The number of carbonyl (C=O) groups excluding carboxylic acids is 1. The molecule has 0 N–H and O–H groups in total. The first-order valence-electron chi connectivity index (χ1n) is 11.3. The first-order chi connectivity index (χ1) is 15.6. The molecule has 0 unspecified atom stereocenters. The summed E-state index contributed by atoms with van der Waals surface area (Å²) >= 11 is 0. The fraction of sp³-hybridized carbons (Fsp3) is 0.360. The number of aryl methyl sites for hydroxylation is 2. The second kappa shape index (κ2) is 8.57. The van der Waals surface area contributed by atoms with Crippen molar-refractivity contribution >= 4 is 16.8 Å². The molecule has 7 heteroatoms. The Bertz CT molecular complexity index is 1270. The molecule has 0 saturated heterocycles. The number of hydrogen-bond acceptors (Lipinski definition) is 5. The van der Waals surface area contributed by atoms with Crippen LogP contribution in [0.15, 0.2) is 48.8 Å². The van der Waals surface area contributed by atoms with Crippen LogP contribution in [0.2, 0.25) is 0 Å². The van der Waals surface area contributed by atoms with Crippen molar-refractivity contribution in [2.24, 2.45) is 0 Å². The van der Waals surface area contributed by atoms with Gasteiger partial charge in [-0.3, -0.25) is 14.0 Å². The minimum atomic E-state index is 0.0109. The lowest BCUT2D eigenvalue weighted by molar-refractivity contribution is 0.0918. The SMILES string of the molecule is CCCc1nccc(Oc2ccc3c(ccn3C(=O)Cc3cc(C4CC4)n(CC)n3)c2)n1. The summed E-state index contributed by atoms with van der Waals surface area (Å²) in [6, 6.07) is 11.5. The fourth-order valence-electron chi connectivity index (χ4n) is 4.08. The Labute approximate surface area is 187 Å². The first-order valence-corrected chi connectivity index (χ1v) is 11.3. The van der Waals surface area contributed by atoms with E-state index < -0.39 is 0 Å². The minimum absolute atomic E-state index is 0.0109. The van der Waals surface area contributed by atoms with Crippen molar-refractivity contribution in [1.29, 1.82) is 0 Å². The molecule has 1 aromatic carbocycles. The molecule has 0 amide bonds. The van der Waals surface area contributed by atoms with Crippen molar-refractivity contribution in [1.82, 2.24) is 24.3 Å². The zero-order chi connectivity index (χ0) is 22.1. The van der Waals surface area contributed by atoms with E-state index in [0.29, 0.717) is 17.5 Å². The van der Waals surface area contributed by atoms with Gasteiger partial charge in [-0.15, -0.1) is 0 Å². The molecule has 5 rings (SSSR count). The lowest BCUT2D eigenvalue weighted by atomic mass is 10.2. The highest BCUT2D eigenvalue weighted by atomic mass is 16.5. The highest BCUT2D eigenvalue weighted by Gasteiger charge is 2.28.